The lowest BCUT2D eigenvalue weighted by molar-refractivity contribution is -0.119. The summed E-state index contributed by atoms with van der Waals surface area (Å²) in [6.07, 6.45) is 1.62. The van der Waals surface area contributed by atoms with Crippen molar-refractivity contribution in [2.24, 2.45) is 5.10 Å². The van der Waals surface area contributed by atoms with E-state index in [-0.39, 0.29) is 11.8 Å². The molecule has 0 bridgehead atoms. The van der Waals surface area contributed by atoms with Crippen LogP contribution in [0.15, 0.2) is 50.8 Å². The minimum Gasteiger partial charge on any atom is -0.457 e. The highest BCUT2D eigenvalue weighted by Gasteiger charge is 2.24. The van der Waals surface area contributed by atoms with E-state index in [1.807, 2.05) is 18.2 Å². The summed E-state index contributed by atoms with van der Waals surface area (Å²) in [6.45, 7) is 1.34. The first kappa shape index (κ1) is 16.4. The Kier molecular flexibility index (Phi) is 4.73. The lowest BCUT2D eigenvalue weighted by atomic mass is 10.2. The topological polar surface area (TPSA) is 83.7 Å². The van der Waals surface area contributed by atoms with Crippen LogP contribution in [0.3, 0.4) is 0 Å². The zero-order valence-electron chi connectivity index (χ0n) is 12.5. The van der Waals surface area contributed by atoms with Crippen molar-refractivity contribution in [3.63, 3.8) is 0 Å². The second-order valence-corrected chi connectivity index (χ2v) is 6.33. The highest BCUT2D eigenvalue weighted by molar-refractivity contribution is 8.18. The van der Waals surface area contributed by atoms with E-state index in [0.717, 1.165) is 17.3 Å². The Balaban J connectivity index is 1.77. The molecule has 2 heterocycles. The van der Waals surface area contributed by atoms with E-state index in [4.69, 9.17) is 16.0 Å². The van der Waals surface area contributed by atoms with Gasteiger partial charge in [0.1, 0.15) is 11.5 Å². The highest BCUT2D eigenvalue weighted by atomic mass is 35.5. The van der Waals surface area contributed by atoms with E-state index >= 15 is 0 Å². The van der Waals surface area contributed by atoms with E-state index in [1.165, 1.54) is 6.92 Å². The summed E-state index contributed by atoms with van der Waals surface area (Å²) in [5, 5.41) is 7.31. The first-order valence-electron chi connectivity index (χ1n) is 6.92. The van der Waals surface area contributed by atoms with Gasteiger partial charge in [0.2, 0.25) is 5.91 Å². The van der Waals surface area contributed by atoms with Crippen molar-refractivity contribution in [3.8, 4) is 11.3 Å². The van der Waals surface area contributed by atoms with Gasteiger partial charge in [0.05, 0.1) is 4.91 Å². The van der Waals surface area contributed by atoms with E-state index in [9.17, 15) is 9.59 Å². The molecular weight excluding hydrogens is 350 g/mol. The monoisotopic (exact) mass is 361 g/mol. The Bertz CT molecular complexity index is 856. The molecule has 1 aliphatic rings. The number of carbonyl (C=O) groups excluding carboxylic acids is 2. The van der Waals surface area contributed by atoms with Gasteiger partial charge in [-0.1, -0.05) is 11.6 Å². The number of carbonyl (C=O) groups is 2. The van der Waals surface area contributed by atoms with Gasteiger partial charge in [-0.15, -0.1) is 5.10 Å². The molecule has 0 unspecified atom stereocenters. The lowest BCUT2D eigenvalue weighted by Crippen LogP contribution is -2.23. The number of hydrazone groups is 1. The molecule has 8 heteroatoms. The van der Waals surface area contributed by atoms with Crippen LogP contribution in [-0.4, -0.2) is 17.0 Å². The van der Waals surface area contributed by atoms with Gasteiger partial charge in [0.25, 0.3) is 5.91 Å². The minimum absolute atomic E-state index is 0.298. The van der Waals surface area contributed by atoms with Crippen LogP contribution >= 0.6 is 23.4 Å². The van der Waals surface area contributed by atoms with Gasteiger partial charge >= 0.3 is 0 Å². The molecule has 1 saturated heterocycles. The summed E-state index contributed by atoms with van der Waals surface area (Å²) < 4.78 is 5.73. The van der Waals surface area contributed by atoms with E-state index in [0.29, 0.717) is 26.6 Å². The maximum absolute atomic E-state index is 11.9. The van der Waals surface area contributed by atoms with Crippen LogP contribution in [-0.2, 0) is 9.59 Å². The van der Waals surface area contributed by atoms with Crippen LogP contribution in [0.4, 0.5) is 0 Å². The lowest BCUT2D eigenvalue weighted by Gasteiger charge is -1.96. The third-order valence-electron chi connectivity index (χ3n) is 2.99. The number of rotatable bonds is 3. The molecule has 1 aliphatic heterocycles. The average Bonchev–Trinajstić information content (AvgIpc) is 3.14. The normalized spacial score (nSPS) is 17.3. The van der Waals surface area contributed by atoms with Gasteiger partial charge in [-0.25, -0.2) is 5.43 Å². The number of thioether (sulfide) groups is 1. The fourth-order valence-electron chi connectivity index (χ4n) is 1.94. The number of hydrogen-bond donors (Lipinski definition) is 2. The van der Waals surface area contributed by atoms with Crippen molar-refractivity contribution in [1.82, 2.24) is 10.7 Å². The molecule has 24 heavy (non-hydrogen) atoms. The number of amidine groups is 1. The fraction of sp³-hybridized carbons (Fsp3) is 0.0625. The maximum Gasteiger partial charge on any atom is 0.264 e. The molecule has 0 radical (unpaired) electrons. The molecule has 0 aliphatic carbocycles. The Morgan fingerprint density at radius 2 is 2.04 bits per heavy atom. The predicted octanol–water partition coefficient (Wildman–Crippen LogP) is 3.21. The first-order valence-corrected chi connectivity index (χ1v) is 8.11. The Morgan fingerprint density at radius 1 is 1.29 bits per heavy atom. The van der Waals surface area contributed by atoms with E-state index in [2.05, 4.69) is 15.8 Å². The standard InChI is InChI=1S/C16H12ClN3O3S/c1-9(21)19-20-16-18-15(22)14(24-16)8-12-6-7-13(23-12)10-2-4-11(17)5-3-10/h2-8H,1H3,(H,19,21)(H,18,20,22). The summed E-state index contributed by atoms with van der Waals surface area (Å²) in [6, 6.07) is 10.9. The van der Waals surface area contributed by atoms with Crippen LogP contribution in [0.1, 0.15) is 12.7 Å². The van der Waals surface area contributed by atoms with Crippen LogP contribution in [0, 0.1) is 0 Å². The molecule has 6 nitrogen and oxygen atoms in total. The molecular formula is C16H12ClN3O3S. The molecule has 0 atom stereocenters. The zero-order chi connectivity index (χ0) is 17.1. The fourth-order valence-corrected chi connectivity index (χ4v) is 2.83. The van der Waals surface area contributed by atoms with Gasteiger partial charge in [0.15, 0.2) is 5.17 Å². The third-order valence-corrected chi connectivity index (χ3v) is 4.16. The van der Waals surface area contributed by atoms with Gasteiger partial charge < -0.3 is 4.42 Å². The van der Waals surface area contributed by atoms with Crippen LogP contribution in [0.5, 0.6) is 0 Å². The predicted molar refractivity (Wildman–Crippen MR) is 94.1 cm³/mol. The smallest absolute Gasteiger partial charge is 0.264 e. The highest BCUT2D eigenvalue weighted by Crippen LogP contribution is 2.29. The number of halogens is 1. The molecule has 2 amide bonds. The van der Waals surface area contributed by atoms with Gasteiger partial charge in [0, 0.05) is 23.6 Å². The van der Waals surface area contributed by atoms with Crippen molar-refractivity contribution in [3.05, 3.63) is 52.1 Å². The largest absolute Gasteiger partial charge is 0.457 e. The summed E-state index contributed by atoms with van der Waals surface area (Å²) >= 11 is 6.99. The molecule has 2 aromatic rings. The molecule has 2 N–H and O–H groups in total. The van der Waals surface area contributed by atoms with Crippen molar-refractivity contribution < 1.29 is 14.0 Å². The average molecular weight is 362 g/mol. The Labute approximate surface area is 146 Å². The van der Waals surface area contributed by atoms with Crippen LogP contribution in [0.2, 0.25) is 5.02 Å². The zero-order valence-corrected chi connectivity index (χ0v) is 14.1. The number of hydrogen-bond acceptors (Lipinski definition) is 5. The Morgan fingerprint density at radius 3 is 2.75 bits per heavy atom. The minimum atomic E-state index is -0.312. The molecule has 1 aromatic carbocycles. The number of benzene rings is 1. The second kappa shape index (κ2) is 6.94. The maximum atomic E-state index is 11.9. The molecule has 122 valence electrons. The number of nitrogens with one attached hydrogen (secondary N) is 2. The van der Waals surface area contributed by atoms with Crippen LogP contribution < -0.4 is 10.7 Å². The molecule has 0 spiro atoms. The Hall–Kier alpha value is -2.51. The molecule has 0 saturated carbocycles. The third kappa shape index (κ3) is 3.87. The number of amides is 2. The molecule has 1 aromatic heterocycles. The van der Waals surface area contributed by atoms with Gasteiger partial charge in [-0.05, 0) is 48.2 Å². The number of nitrogens with zero attached hydrogens (tertiary/aromatic N) is 1. The second-order valence-electron chi connectivity index (χ2n) is 4.86. The number of furan rings is 1. The van der Waals surface area contributed by atoms with Crippen molar-refractivity contribution in [2.45, 2.75) is 6.92 Å². The van der Waals surface area contributed by atoms with Crippen molar-refractivity contribution in [2.75, 3.05) is 0 Å². The van der Waals surface area contributed by atoms with E-state index in [1.54, 1.807) is 24.3 Å². The van der Waals surface area contributed by atoms with Crippen molar-refractivity contribution >= 4 is 46.4 Å². The van der Waals surface area contributed by atoms with E-state index < -0.39 is 0 Å². The molecule has 3 rings (SSSR count). The van der Waals surface area contributed by atoms with Gasteiger partial charge in [-0.3, -0.25) is 14.9 Å². The van der Waals surface area contributed by atoms with Crippen molar-refractivity contribution in [1.29, 1.82) is 0 Å². The van der Waals surface area contributed by atoms with Crippen LogP contribution in [0.25, 0.3) is 17.4 Å². The SMILES string of the molecule is CC(=O)N/N=C1/NC(=O)C(=Cc2ccc(-c3ccc(Cl)cc3)o2)S1. The summed E-state index contributed by atoms with van der Waals surface area (Å²) in [5.41, 5.74) is 3.16. The summed E-state index contributed by atoms with van der Waals surface area (Å²) in [5.74, 6) is 0.606. The summed E-state index contributed by atoms with van der Waals surface area (Å²) in [7, 11) is 0. The van der Waals surface area contributed by atoms with Gasteiger partial charge in [-0.2, -0.15) is 0 Å². The molecule has 1 fully saturated rings. The first-order chi connectivity index (χ1) is 11.5. The quantitative estimate of drug-likeness (QED) is 0.649. The summed E-state index contributed by atoms with van der Waals surface area (Å²) in [4.78, 5) is 23.2.